The lowest BCUT2D eigenvalue weighted by atomic mass is 10.2. The summed E-state index contributed by atoms with van der Waals surface area (Å²) >= 11 is 0. The van der Waals surface area contributed by atoms with Crippen LogP contribution >= 0.6 is 0 Å². The number of aliphatic hydroxyl groups excluding tert-OH is 1. The van der Waals surface area contributed by atoms with Gasteiger partial charge in [-0.25, -0.2) is 0 Å². The molecular weight excluding hydrogens is 222 g/mol. The van der Waals surface area contributed by atoms with Crippen LogP contribution in [0.1, 0.15) is 32.5 Å². The number of aliphatic hydroxyl groups is 1. The molecule has 1 aromatic heterocycles. The molecular formula is C11H21N3O3. The average Bonchev–Trinajstić information content (AvgIpc) is 2.64. The summed E-state index contributed by atoms with van der Waals surface area (Å²) in [7, 11) is 1.58. The highest BCUT2D eigenvalue weighted by molar-refractivity contribution is 4.86. The summed E-state index contributed by atoms with van der Waals surface area (Å²) in [5, 5.41) is 13.3. The first-order valence-electron chi connectivity index (χ1n) is 5.75. The number of hydrogen-bond acceptors (Lipinski definition) is 6. The van der Waals surface area contributed by atoms with Crippen molar-refractivity contribution in [2.75, 3.05) is 13.7 Å². The highest BCUT2D eigenvalue weighted by atomic mass is 16.5. The van der Waals surface area contributed by atoms with Crippen LogP contribution < -0.4 is 0 Å². The van der Waals surface area contributed by atoms with Crippen molar-refractivity contribution < 1.29 is 14.4 Å². The molecule has 1 rings (SSSR count). The lowest BCUT2D eigenvalue weighted by Gasteiger charge is -2.26. The Morgan fingerprint density at radius 1 is 1.41 bits per heavy atom. The van der Waals surface area contributed by atoms with E-state index in [1.165, 1.54) is 0 Å². The summed E-state index contributed by atoms with van der Waals surface area (Å²) in [6.45, 7) is 7.38. The molecule has 6 nitrogen and oxygen atoms in total. The molecule has 6 heteroatoms. The van der Waals surface area contributed by atoms with Gasteiger partial charge in [0.15, 0.2) is 5.82 Å². The highest BCUT2D eigenvalue weighted by Gasteiger charge is 2.16. The van der Waals surface area contributed by atoms with Gasteiger partial charge in [0.05, 0.1) is 12.6 Å². The molecule has 0 saturated carbocycles. The van der Waals surface area contributed by atoms with Crippen molar-refractivity contribution in [3.63, 3.8) is 0 Å². The third kappa shape index (κ3) is 4.80. The zero-order chi connectivity index (χ0) is 12.8. The Hall–Kier alpha value is -0.980. The van der Waals surface area contributed by atoms with E-state index in [4.69, 9.17) is 9.26 Å². The van der Waals surface area contributed by atoms with Crippen LogP contribution in [0.2, 0.25) is 0 Å². The van der Waals surface area contributed by atoms with Crippen LogP contribution in [0.4, 0.5) is 0 Å². The molecule has 1 N–H and O–H groups in total. The first-order valence-corrected chi connectivity index (χ1v) is 5.75. The van der Waals surface area contributed by atoms with Crippen molar-refractivity contribution in [2.45, 2.75) is 46.1 Å². The van der Waals surface area contributed by atoms with Crippen molar-refractivity contribution in [1.29, 1.82) is 0 Å². The molecule has 0 amide bonds. The smallest absolute Gasteiger partial charge is 0.252 e. The van der Waals surface area contributed by atoms with E-state index < -0.39 is 0 Å². The van der Waals surface area contributed by atoms with E-state index in [1.54, 1.807) is 14.0 Å². The number of methoxy groups -OCH3 is 1. The number of hydrogen-bond donors (Lipinski definition) is 1. The molecule has 0 spiro atoms. The fraction of sp³-hybridized carbons (Fsp3) is 0.818. The normalized spacial score (nSPS) is 13.6. The van der Waals surface area contributed by atoms with Crippen LogP contribution in [0.5, 0.6) is 0 Å². The molecule has 0 aliphatic carbocycles. The lowest BCUT2D eigenvalue weighted by molar-refractivity contribution is 0.100. The topological polar surface area (TPSA) is 71.6 Å². The largest absolute Gasteiger partial charge is 0.392 e. The maximum atomic E-state index is 9.41. The van der Waals surface area contributed by atoms with Crippen LogP contribution in [0.3, 0.4) is 0 Å². The van der Waals surface area contributed by atoms with Crippen LogP contribution in [0.15, 0.2) is 4.52 Å². The number of rotatable bonds is 7. The predicted octanol–water partition coefficient (Wildman–Crippen LogP) is 0.807. The Labute approximate surface area is 102 Å². The molecule has 98 valence electrons. The highest BCUT2D eigenvalue weighted by Crippen LogP contribution is 2.07. The van der Waals surface area contributed by atoms with Gasteiger partial charge in [-0.3, -0.25) is 4.90 Å². The van der Waals surface area contributed by atoms with Gasteiger partial charge in [0.25, 0.3) is 5.89 Å². The summed E-state index contributed by atoms with van der Waals surface area (Å²) in [6, 6.07) is 0.314. The molecule has 0 aliphatic rings. The van der Waals surface area contributed by atoms with Gasteiger partial charge < -0.3 is 14.4 Å². The molecule has 1 atom stereocenters. The van der Waals surface area contributed by atoms with Crippen molar-refractivity contribution in [2.24, 2.45) is 0 Å². The second-order valence-corrected chi connectivity index (χ2v) is 4.41. The van der Waals surface area contributed by atoms with Crippen molar-refractivity contribution in [1.82, 2.24) is 15.0 Å². The minimum atomic E-state index is -0.372. The molecule has 1 unspecified atom stereocenters. The van der Waals surface area contributed by atoms with Crippen LogP contribution in [0.25, 0.3) is 0 Å². The summed E-state index contributed by atoms with van der Waals surface area (Å²) in [5.74, 6) is 1.09. The third-order valence-electron chi connectivity index (χ3n) is 2.35. The van der Waals surface area contributed by atoms with Gasteiger partial charge in [-0.15, -0.1) is 0 Å². The molecule has 0 aliphatic heterocycles. The Morgan fingerprint density at radius 3 is 2.65 bits per heavy atom. The molecule has 0 saturated heterocycles. The summed E-state index contributed by atoms with van der Waals surface area (Å²) in [4.78, 5) is 6.29. The van der Waals surface area contributed by atoms with E-state index in [-0.39, 0.29) is 6.10 Å². The van der Waals surface area contributed by atoms with E-state index in [2.05, 4.69) is 28.9 Å². The Morgan fingerprint density at radius 2 is 2.12 bits per heavy atom. The van der Waals surface area contributed by atoms with E-state index in [0.717, 1.165) is 0 Å². The minimum absolute atomic E-state index is 0.314. The quantitative estimate of drug-likeness (QED) is 0.764. The number of nitrogens with zero attached hydrogens (tertiary/aromatic N) is 3. The maximum absolute atomic E-state index is 9.41. The van der Waals surface area contributed by atoms with Gasteiger partial charge in [0, 0.05) is 19.7 Å². The summed E-state index contributed by atoms with van der Waals surface area (Å²) in [6.07, 6.45) is -0.372. The second-order valence-electron chi connectivity index (χ2n) is 4.41. The molecule has 0 fully saturated rings. The zero-order valence-electron chi connectivity index (χ0n) is 10.9. The van der Waals surface area contributed by atoms with Crippen molar-refractivity contribution in [3.05, 3.63) is 11.7 Å². The van der Waals surface area contributed by atoms with Crippen LogP contribution in [-0.2, 0) is 17.9 Å². The summed E-state index contributed by atoms with van der Waals surface area (Å²) in [5.41, 5.74) is 0. The maximum Gasteiger partial charge on any atom is 0.252 e. The first-order chi connectivity index (χ1) is 8.02. The fourth-order valence-corrected chi connectivity index (χ4v) is 1.52. The first kappa shape index (κ1) is 14.1. The van der Waals surface area contributed by atoms with E-state index in [1.807, 2.05) is 0 Å². The van der Waals surface area contributed by atoms with E-state index in [0.29, 0.717) is 37.5 Å². The fourth-order valence-electron chi connectivity index (χ4n) is 1.52. The standard InChI is InChI=1S/C11H21N3O3/c1-8(2)14(5-9(3)15)6-10-12-11(7-16-4)17-13-10/h8-9,15H,5-7H2,1-4H3. The van der Waals surface area contributed by atoms with Gasteiger partial charge in [0.2, 0.25) is 0 Å². The molecule has 1 heterocycles. The Balaban J connectivity index is 2.58. The average molecular weight is 243 g/mol. The molecule has 17 heavy (non-hydrogen) atoms. The Bertz CT molecular complexity index is 326. The van der Waals surface area contributed by atoms with Gasteiger partial charge in [-0.1, -0.05) is 5.16 Å². The second kappa shape index (κ2) is 6.68. The predicted molar refractivity (Wildman–Crippen MR) is 62.2 cm³/mol. The van der Waals surface area contributed by atoms with Crippen molar-refractivity contribution in [3.8, 4) is 0 Å². The van der Waals surface area contributed by atoms with Gasteiger partial charge >= 0.3 is 0 Å². The number of ether oxygens (including phenoxy) is 1. The molecule has 0 bridgehead atoms. The van der Waals surface area contributed by atoms with E-state index in [9.17, 15) is 5.11 Å². The van der Waals surface area contributed by atoms with Gasteiger partial charge in [-0.05, 0) is 20.8 Å². The lowest BCUT2D eigenvalue weighted by Crippen LogP contribution is -2.36. The van der Waals surface area contributed by atoms with Gasteiger partial charge in [-0.2, -0.15) is 4.98 Å². The number of aromatic nitrogens is 2. The molecule has 1 aromatic rings. The van der Waals surface area contributed by atoms with Crippen molar-refractivity contribution >= 4 is 0 Å². The monoisotopic (exact) mass is 243 g/mol. The SMILES string of the molecule is COCc1nc(CN(CC(C)O)C(C)C)no1. The van der Waals surface area contributed by atoms with Crippen LogP contribution in [-0.4, -0.2) is 45.9 Å². The molecule has 0 radical (unpaired) electrons. The third-order valence-corrected chi connectivity index (χ3v) is 2.35. The van der Waals surface area contributed by atoms with Gasteiger partial charge in [0.1, 0.15) is 6.61 Å². The molecule has 0 aromatic carbocycles. The summed E-state index contributed by atoms with van der Waals surface area (Å²) < 4.78 is 9.92. The zero-order valence-corrected chi connectivity index (χ0v) is 10.9. The van der Waals surface area contributed by atoms with Crippen LogP contribution in [0, 0.1) is 0 Å². The minimum Gasteiger partial charge on any atom is -0.392 e. The van der Waals surface area contributed by atoms with E-state index >= 15 is 0 Å². The Kier molecular flexibility index (Phi) is 5.54.